The molecule has 2 fully saturated rings. The molecule has 24 heavy (non-hydrogen) atoms. The average Bonchev–Trinajstić information content (AvgIpc) is 3.42. The summed E-state index contributed by atoms with van der Waals surface area (Å²) < 4.78 is 5.42. The number of rotatable bonds is 6. The summed E-state index contributed by atoms with van der Waals surface area (Å²) in [7, 11) is 0. The van der Waals surface area contributed by atoms with Gasteiger partial charge in [-0.15, -0.1) is 0 Å². The molecule has 2 amide bonds. The molecule has 5 nitrogen and oxygen atoms in total. The normalized spacial score (nSPS) is 18.3. The van der Waals surface area contributed by atoms with E-state index in [1.54, 1.807) is 0 Å². The molecule has 1 heterocycles. The third-order valence-electron chi connectivity index (χ3n) is 4.73. The highest BCUT2D eigenvalue weighted by atomic mass is 16.5. The first-order valence-electron chi connectivity index (χ1n) is 8.95. The zero-order chi connectivity index (χ0) is 16.9. The summed E-state index contributed by atoms with van der Waals surface area (Å²) in [4.78, 5) is 26.1. The van der Waals surface area contributed by atoms with Gasteiger partial charge in [-0.3, -0.25) is 9.59 Å². The van der Waals surface area contributed by atoms with E-state index in [0.717, 1.165) is 50.1 Å². The Bertz CT molecular complexity index is 573. The van der Waals surface area contributed by atoms with E-state index in [1.165, 1.54) is 0 Å². The number of benzene rings is 1. The van der Waals surface area contributed by atoms with Gasteiger partial charge < -0.3 is 15.0 Å². The van der Waals surface area contributed by atoms with E-state index in [-0.39, 0.29) is 23.8 Å². The van der Waals surface area contributed by atoms with Gasteiger partial charge >= 0.3 is 0 Å². The molecule has 0 spiro atoms. The molecule has 0 unspecified atom stereocenters. The lowest BCUT2D eigenvalue weighted by Crippen LogP contribution is -2.47. The minimum Gasteiger partial charge on any atom is -0.494 e. The summed E-state index contributed by atoms with van der Waals surface area (Å²) in [5, 5.41) is 3.12. The Morgan fingerprint density at radius 3 is 2.38 bits per heavy atom. The van der Waals surface area contributed by atoms with Crippen molar-refractivity contribution in [1.82, 2.24) is 10.2 Å². The maximum atomic E-state index is 12.4. The van der Waals surface area contributed by atoms with E-state index < -0.39 is 0 Å². The first kappa shape index (κ1) is 16.8. The summed E-state index contributed by atoms with van der Waals surface area (Å²) in [6, 6.07) is 7.95. The van der Waals surface area contributed by atoms with Gasteiger partial charge in [0.1, 0.15) is 5.75 Å². The Hall–Kier alpha value is -2.04. The van der Waals surface area contributed by atoms with Gasteiger partial charge in [0.2, 0.25) is 11.8 Å². The van der Waals surface area contributed by atoms with Crippen molar-refractivity contribution in [2.75, 3.05) is 19.7 Å². The lowest BCUT2D eigenvalue weighted by Gasteiger charge is -2.32. The molecule has 1 saturated carbocycles. The maximum absolute atomic E-state index is 12.4. The molecule has 1 aliphatic carbocycles. The van der Waals surface area contributed by atoms with Crippen LogP contribution >= 0.6 is 0 Å². The quantitative estimate of drug-likeness (QED) is 0.869. The van der Waals surface area contributed by atoms with Crippen molar-refractivity contribution in [3.63, 3.8) is 0 Å². The van der Waals surface area contributed by atoms with E-state index >= 15 is 0 Å². The van der Waals surface area contributed by atoms with Crippen molar-refractivity contribution in [3.05, 3.63) is 29.8 Å². The lowest BCUT2D eigenvalue weighted by atomic mass is 10.0. The van der Waals surface area contributed by atoms with Crippen LogP contribution in [0.1, 0.15) is 38.2 Å². The van der Waals surface area contributed by atoms with E-state index in [9.17, 15) is 9.59 Å². The molecule has 130 valence electrons. The van der Waals surface area contributed by atoms with Crippen LogP contribution in [0.5, 0.6) is 5.75 Å². The van der Waals surface area contributed by atoms with Gasteiger partial charge in [0, 0.05) is 25.0 Å². The number of hydrogen-bond acceptors (Lipinski definition) is 3. The molecule has 3 rings (SSSR count). The second kappa shape index (κ2) is 7.69. The van der Waals surface area contributed by atoms with Crippen LogP contribution in [-0.4, -0.2) is 42.5 Å². The molecule has 0 radical (unpaired) electrons. The van der Waals surface area contributed by atoms with Crippen LogP contribution in [0.4, 0.5) is 0 Å². The first-order valence-corrected chi connectivity index (χ1v) is 8.95. The highest BCUT2D eigenvalue weighted by Gasteiger charge is 2.32. The van der Waals surface area contributed by atoms with E-state index in [2.05, 4.69) is 5.32 Å². The Labute approximate surface area is 143 Å². The fourth-order valence-corrected chi connectivity index (χ4v) is 3.09. The van der Waals surface area contributed by atoms with Crippen LogP contribution in [0.15, 0.2) is 24.3 Å². The lowest BCUT2D eigenvalue weighted by molar-refractivity contribution is -0.131. The minimum absolute atomic E-state index is 0.158. The number of nitrogens with zero attached hydrogens (tertiary/aromatic N) is 1. The molecule has 0 aromatic heterocycles. The number of likely N-dealkylation sites (tertiary alicyclic amines) is 1. The Kier molecular flexibility index (Phi) is 5.38. The van der Waals surface area contributed by atoms with Crippen molar-refractivity contribution >= 4 is 11.8 Å². The zero-order valence-electron chi connectivity index (χ0n) is 14.3. The van der Waals surface area contributed by atoms with Crippen molar-refractivity contribution in [2.24, 2.45) is 5.92 Å². The van der Waals surface area contributed by atoms with Gasteiger partial charge in [0.05, 0.1) is 13.0 Å². The number of amides is 2. The molecular formula is C19H26N2O3. The van der Waals surface area contributed by atoms with E-state index in [0.29, 0.717) is 13.0 Å². The second-order valence-electron chi connectivity index (χ2n) is 6.69. The van der Waals surface area contributed by atoms with Crippen LogP contribution < -0.4 is 10.1 Å². The van der Waals surface area contributed by atoms with E-state index in [4.69, 9.17) is 4.74 Å². The predicted octanol–water partition coefficient (Wildman–Crippen LogP) is 2.14. The number of ether oxygens (including phenoxy) is 1. The third-order valence-corrected chi connectivity index (χ3v) is 4.73. The van der Waals surface area contributed by atoms with Crippen molar-refractivity contribution < 1.29 is 14.3 Å². The van der Waals surface area contributed by atoms with Gasteiger partial charge in [0.15, 0.2) is 0 Å². The molecule has 0 bridgehead atoms. The summed E-state index contributed by atoms with van der Waals surface area (Å²) in [6.45, 7) is 4.05. The first-order chi connectivity index (χ1) is 11.7. The van der Waals surface area contributed by atoms with Gasteiger partial charge in [-0.1, -0.05) is 12.1 Å². The average molecular weight is 330 g/mol. The highest BCUT2D eigenvalue weighted by Crippen LogP contribution is 2.29. The van der Waals surface area contributed by atoms with Crippen molar-refractivity contribution in [1.29, 1.82) is 0 Å². The Balaban J connectivity index is 1.43. The highest BCUT2D eigenvalue weighted by molar-refractivity contribution is 5.81. The number of carbonyl (C=O) groups is 2. The van der Waals surface area contributed by atoms with Gasteiger partial charge in [0.25, 0.3) is 0 Å². The predicted molar refractivity (Wildman–Crippen MR) is 91.8 cm³/mol. The summed E-state index contributed by atoms with van der Waals surface area (Å²) in [5.41, 5.74) is 1.01. The Morgan fingerprint density at radius 1 is 1.12 bits per heavy atom. The zero-order valence-corrected chi connectivity index (χ0v) is 14.3. The molecule has 1 aromatic carbocycles. The number of nitrogens with one attached hydrogen (secondary N) is 1. The standard InChI is InChI=1S/C19H26N2O3/c1-2-24-17-7-3-14(4-8-17)13-18(22)21-11-9-16(10-12-21)20-19(23)15-5-6-15/h3-4,7-8,15-16H,2,5-6,9-13H2,1H3,(H,20,23). The second-order valence-corrected chi connectivity index (χ2v) is 6.69. The number of hydrogen-bond donors (Lipinski definition) is 1. The molecule has 1 aliphatic heterocycles. The summed E-state index contributed by atoms with van der Waals surface area (Å²) in [6.07, 6.45) is 4.20. The third kappa shape index (κ3) is 4.49. The molecule has 1 aromatic rings. The molecule has 2 aliphatic rings. The monoisotopic (exact) mass is 330 g/mol. The fourth-order valence-electron chi connectivity index (χ4n) is 3.09. The van der Waals surface area contributed by atoms with Crippen LogP contribution in [0, 0.1) is 5.92 Å². The smallest absolute Gasteiger partial charge is 0.226 e. The SMILES string of the molecule is CCOc1ccc(CC(=O)N2CCC(NC(=O)C3CC3)CC2)cc1. The van der Waals surface area contributed by atoms with Crippen LogP contribution in [-0.2, 0) is 16.0 Å². The molecule has 1 N–H and O–H groups in total. The fraction of sp³-hybridized carbons (Fsp3) is 0.579. The topological polar surface area (TPSA) is 58.6 Å². The van der Waals surface area contributed by atoms with Gasteiger partial charge in [-0.05, 0) is 50.3 Å². The molecule has 0 atom stereocenters. The van der Waals surface area contributed by atoms with E-state index in [1.807, 2.05) is 36.1 Å². The molecule has 1 saturated heterocycles. The number of carbonyl (C=O) groups excluding carboxylic acids is 2. The summed E-state index contributed by atoms with van der Waals surface area (Å²) in [5.74, 6) is 1.45. The van der Waals surface area contributed by atoms with Crippen molar-refractivity contribution in [2.45, 2.75) is 45.1 Å². The van der Waals surface area contributed by atoms with Gasteiger partial charge in [-0.2, -0.15) is 0 Å². The maximum Gasteiger partial charge on any atom is 0.226 e. The minimum atomic E-state index is 0.158. The molecule has 5 heteroatoms. The van der Waals surface area contributed by atoms with Crippen LogP contribution in [0.3, 0.4) is 0 Å². The van der Waals surface area contributed by atoms with Gasteiger partial charge in [-0.25, -0.2) is 0 Å². The largest absolute Gasteiger partial charge is 0.494 e. The molecular weight excluding hydrogens is 304 g/mol. The van der Waals surface area contributed by atoms with Crippen LogP contribution in [0.25, 0.3) is 0 Å². The summed E-state index contributed by atoms with van der Waals surface area (Å²) >= 11 is 0. The number of piperidine rings is 1. The van der Waals surface area contributed by atoms with Crippen LogP contribution in [0.2, 0.25) is 0 Å². The van der Waals surface area contributed by atoms with Crippen molar-refractivity contribution in [3.8, 4) is 5.75 Å². The Morgan fingerprint density at radius 2 is 1.79 bits per heavy atom.